The molecule has 6 heteroatoms. The van der Waals surface area contributed by atoms with Crippen molar-refractivity contribution in [2.45, 2.75) is 117 Å². The van der Waals surface area contributed by atoms with Gasteiger partial charge in [0.15, 0.2) is 11.9 Å². The van der Waals surface area contributed by atoms with Crippen LogP contribution in [0.25, 0.3) is 0 Å². The van der Waals surface area contributed by atoms with E-state index in [1.807, 2.05) is 79.7 Å². The number of allylic oxidation sites excluding steroid dienone is 2. The van der Waals surface area contributed by atoms with Crippen molar-refractivity contribution in [2.75, 3.05) is 7.11 Å². The molecule has 0 spiro atoms. The highest BCUT2D eigenvalue weighted by atomic mass is 16.5. The number of esters is 1. The van der Waals surface area contributed by atoms with E-state index in [1.165, 1.54) is 5.57 Å². The van der Waals surface area contributed by atoms with Gasteiger partial charge in [-0.25, -0.2) is 4.79 Å². The molecule has 4 saturated carbocycles. The maximum absolute atomic E-state index is 14.8. The smallest absolute Gasteiger partial charge is 0.312 e. The molecule has 7 rings (SSSR count). The molecule has 5 aliphatic rings. The second kappa shape index (κ2) is 12.1. The third kappa shape index (κ3) is 4.99. The SMILES string of the molecule is CO[C@H]1CC[C@@]2(C)[C@@H](CC[C@]3(C)[C@@H]2C(=O)C=C2[C@@H]4C[C@@](C)(C(=O)OC(c5ccccc5)c5ccccc5)CC[C@]4(C)CC[C@]23C)[C@]1(C)N=C=O. The highest BCUT2D eigenvalue weighted by molar-refractivity contribution is 5.95. The number of carbonyl (C=O) groups excluding carboxylic acids is 3. The molecule has 2 aromatic carbocycles. The number of hydrogen-bond donors (Lipinski definition) is 0. The summed E-state index contributed by atoms with van der Waals surface area (Å²) in [6.45, 7) is 13.6. The summed E-state index contributed by atoms with van der Waals surface area (Å²) in [6, 6.07) is 20.0. The summed E-state index contributed by atoms with van der Waals surface area (Å²) >= 11 is 0. The number of methoxy groups -OCH3 is 1. The molecule has 50 heavy (non-hydrogen) atoms. The van der Waals surface area contributed by atoms with Crippen LogP contribution in [0.4, 0.5) is 0 Å². The second-order valence-corrected chi connectivity index (χ2v) is 18.1. The van der Waals surface area contributed by atoms with Crippen molar-refractivity contribution in [2.24, 2.45) is 49.8 Å². The number of hydrogen-bond acceptors (Lipinski definition) is 6. The fraction of sp³-hybridized carbons (Fsp3) is 0.614. The lowest BCUT2D eigenvalue weighted by atomic mass is 9.34. The minimum atomic E-state index is -0.718. The van der Waals surface area contributed by atoms with Crippen LogP contribution < -0.4 is 0 Å². The van der Waals surface area contributed by atoms with Gasteiger partial charge < -0.3 is 9.47 Å². The zero-order valence-electron chi connectivity index (χ0n) is 31.1. The molecule has 0 radical (unpaired) electrons. The highest BCUT2D eigenvalue weighted by Gasteiger charge is 2.71. The molecule has 6 nitrogen and oxygen atoms in total. The molecule has 0 unspecified atom stereocenters. The first-order valence-corrected chi connectivity index (χ1v) is 18.9. The molecule has 0 amide bonds. The van der Waals surface area contributed by atoms with E-state index < -0.39 is 17.1 Å². The summed E-state index contributed by atoms with van der Waals surface area (Å²) in [5.74, 6) is 0.0331. The van der Waals surface area contributed by atoms with Crippen molar-refractivity contribution in [1.82, 2.24) is 0 Å². The standard InChI is InChI=1S/C44H55NO5/c1-39-22-23-40(2,38(48)50-36(29-14-10-8-11-15-29)30-16-12-9-13-17-30)27-32(39)31-26-33(47)37-41(3)20-19-35(49-7)44(6,45-28-46)34(41)18-21-43(37,5)42(31,4)25-24-39/h8-17,26,32,34-37H,18-25,27H2,1-7H3/t32-,34+,35-,37+,39+,40-,41-,42+,43+,44-/m0/s1. The topological polar surface area (TPSA) is 82.0 Å². The first-order valence-electron chi connectivity index (χ1n) is 18.9. The molecule has 0 saturated heterocycles. The molecule has 0 aromatic heterocycles. The number of benzene rings is 2. The molecule has 0 bridgehead atoms. The Kier molecular flexibility index (Phi) is 8.51. The molecular formula is C44H55NO5. The van der Waals surface area contributed by atoms with Gasteiger partial charge in [0, 0.05) is 13.0 Å². The highest BCUT2D eigenvalue weighted by Crippen LogP contribution is 2.74. The van der Waals surface area contributed by atoms with Crippen LogP contribution in [-0.2, 0) is 23.9 Å². The number of fused-ring (bicyclic) bond motifs is 7. The van der Waals surface area contributed by atoms with E-state index in [-0.39, 0.29) is 57.3 Å². The number of isocyanates is 1. The molecule has 4 fully saturated rings. The van der Waals surface area contributed by atoms with Gasteiger partial charge in [-0.3, -0.25) is 9.59 Å². The summed E-state index contributed by atoms with van der Waals surface area (Å²) in [5, 5.41) is 0. The summed E-state index contributed by atoms with van der Waals surface area (Å²) in [5.41, 5.74) is 1.03. The normalized spacial score (nSPS) is 42.2. The number of ketones is 1. The Morgan fingerprint density at radius 1 is 0.840 bits per heavy atom. The van der Waals surface area contributed by atoms with Crippen molar-refractivity contribution >= 4 is 17.8 Å². The number of carbonyl (C=O) groups is 2. The van der Waals surface area contributed by atoms with Crippen molar-refractivity contribution in [3.05, 3.63) is 83.4 Å². The lowest BCUT2D eigenvalue weighted by molar-refractivity contribution is -0.191. The van der Waals surface area contributed by atoms with Gasteiger partial charge in [-0.15, -0.1) is 0 Å². The first-order chi connectivity index (χ1) is 23.7. The summed E-state index contributed by atoms with van der Waals surface area (Å²) in [4.78, 5) is 45.5. The van der Waals surface area contributed by atoms with Crippen molar-refractivity contribution in [1.29, 1.82) is 0 Å². The number of ether oxygens (including phenoxy) is 2. The van der Waals surface area contributed by atoms with Crippen LogP contribution in [0.15, 0.2) is 77.3 Å². The third-order valence-corrected chi connectivity index (χ3v) is 15.6. The number of nitrogens with zero attached hydrogens (tertiary/aromatic N) is 1. The zero-order valence-corrected chi connectivity index (χ0v) is 31.1. The Balaban J connectivity index is 1.23. The Labute approximate surface area is 298 Å². The Morgan fingerprint density at radius 3 is 2.06 bits per heavy atom. The molecule has 266 valence electrons. The lowest BCUT2D eigenvalue weighted by Crippen LogP contribution is -2.68. The van der Waals surface area contributed by atoms with Crippen LogP contribution in [0.5, 0.6) is 0 Å². The average Bonchev–Trinajstić information content (AvgIpc) is 3.09. The van der Waals surface area contributed by atoms with E-state index in [0.717, 1.165) is 62.5 Å². The maximum atomic E-state index is 14.8. The molecule has 0 aliphatic heterocycles. The van der Waals surface area contributed by atoms with E-state index in [1.54, 1.807) is 7.11 Å². The van der Waals surface area contributed by atoms with Crippen LogP contribution in [0.3, 0.4) is 0 Å². The predicted octanol–water partition coefficient (Wildman–Crippen LogP) is 9.38. The molecule has 0 N–H and O–H groups in total. The van der Waals surface area contributed by atoms with Gasteiger partial charge >= 0.3 is 5.97 Å². The quantitative estimate of drug-likeness (QED) is 0.173. The molecule has 0 heterocycles. The Hall–Kier alpha value is -3.34. The van der Waals surface area contributed by atoms with E-state index in [4.69, 9.17) is 9.47 Å². The van der Waals surface area contributed by atoms with E-state index >= 15 is 0 Å². The van der Waals surface area contributed by atoms with Crippen molar-refractivity contribution in [3.8, 4) is 0 Å². The second-order valence-electron chi connectivity index (χ2n) is 18.1. The van der Waals surface area contributed by atoms with Crippen LogP contribution in [-0.4, -0.2) is 36.6 Å². The van der Waals surface area contributed by atoms with E-state index in [9.17, 15) is 14.4 Å². The number of rotatable bonds is 6. The van der Waals surface area contributed by atoms with Gasteiger partial charge in [-0.05, 0) is 122 Å². The minimum absolute atomic E-state index is 0.0156. The third-order valence-electron chi connectivity index (χ3n) is 15.6. The maximum Gasteiger partial charge on any atom is 0.312 e. The lowest BCUT2D eigenvalue weighted by Gasteiger charge is -2.70. The minimum Gasteiger partial charge on any atom is -0.452 e. The van der Waals surface area contributed by atoms with Gasteiger partial charge in [0.2, 0.25) is 6.08 Å². The van der Waals surface area contributed by atoms with Gasteiger partial charge in [-0.1, -0.05) is 93.9 Å². The summed E-state index contributed by atoms with van der Waals surface area (Å²) in [6.07, 6.45) is 11.1. The predicted molar refractivity (Wildman–Crippen MR) is 194 cm³/mol. The van der Waals surface area contributed by atoms with Gasteiger partial charge in [0.05, 0.1) is 17.1 Å². The van der Waals surface area contributed by atoms with E-state index in [2.05, 4.69) is 39.6 Å². The number of aliphatic imine (C=N–C) groups is 1. The van der Waals surface area contributed by atoms with Crippen molar-refractivity contribution < 1.29 is 23.9 Å². The van der Waals surface area contributed by atoms with Gasteiger partial charge in [0.1, 0.15) is 0 Å². The van der Waals surface area contributed by atoms with Gasteiger partial charge in [-0.2, -0.15) is 4.99 Å². The fourth-order valence-electron chi connectivity index (χ4n) is 12.4. The molecule has 5 aliphatic carbocycles. The molecule has 2 aromatic rings. The molecule has 10 atom stereocenters. The Bertz CT molecular complexity index is 1690. The van der Waals surface area contributed by atoms with Gasteiger partial charge in [0.25, 0.3) is 0 Å². The fourth-order valence-corrected chi connectivity index (χ4v) is 12.4. The zero-order chi connectivity index (χ0) is 35.7. The summed E-state index contributed by atoms with van der Waals surface area (Å²) < 4.78 is 12.4. The van der Waals surface area contributed by atoms with E-state index in [0.29, 0.717) is 6.42 Å². The average molecular weight is 678 g/mol. The van der Waals surface area contributed by atoms with Crippen LogP contribution in [0.2, 0.25) is 0 Å². The monoisotopic (exact) mass is 677 g/mol. The molecular weight excluding hydrogens is 622 g/mol. The van der Waals surface area contributed by atoms with Crippen molar-refractivity contribution in [3.63, 3.8) is 0 Å². The van der Waals surface area contributed by atoms with Crippen LogP contribution in [0, 0.1) is 44.8 Å². The first kappa shape index (κ1) is 35.1. The van der Waals surface area contributed by atoms with Crippen LogP contribution >= 0.6 is 0 Å². The van der Waals surface area contributed by atoms with Crippen LogP contribution in [0.1, 0.15) is 117 Å². The largest absolute Gasteiger partial charge is 0.452 e. The Morgan fingerprint density at radius 2 is 1.46 bits per heavy atom. The summed E-state index contributed by atoms with van der Waals surface area (Å²) in [7, 11) is 1.71.